The average Bonchev–Trinajstić information content (AvgIpc) is 2.69. The Morgan fingerprint density at radius 2 is 1.86 bits per heavy atom. The quantitative estimate of drug-likeness (QED) is 0.671. The van der Waals surface area contributed by atoms with Crippen molar-refractivity contribution in [2.45, 2.75) is 58.9 Å². The topological polar surface area (TPSA) is 84.5 Å². The minimum Gasteiger partial charge on any atom is -0.454 e. The van der Waals surface area contributed by atoms with Crippen LogP contribution in [0.25, 0.3) is 0 Å². The van der Waals surface area contributed by atoms with Crippen LogP contribution in [0.1, 0.15) is 61.9 Å². The first kappa shape index (κ1) is 21.9. The van der Waals surface area contributed by atoms with Crippen LogP contribution in [0.5, 0.6) is 0 Å². The first-order valence-corrected chi connectivity index (χ1v) is 10.2. The molecule has 2 N–H and O–H groups in total. The molecule has 1 aromatic rings. The zero-order valence-electron chi connectivity index (χ0n) is 17.1. The van der Waals surface area contributed by atoms with Gasteiger partial charge in [-0.2, -0.15) is 0 Å². The van der Waals surface area contributed by atoms with E-state index >= 15 is 0 Å². The van der Waals surface area contributed by atoms with Crippen LogP contribution in [0.4, 0.5) is 0 Å². The lowest BCUT2D eigenvalue weighted by Crippen LogP contribution is -2.46. The van der Waals surface area contributed by atoms with Crippen LogP contribution in [-0.4, -0.2) is 37.0 Å². The van der Waals surface area contributed by atoms with Crippen molar-refractivity contribution in [2.75, 3.05) is 13.2 Å². The molecular weight excluding hydrogens is 356 g/mol. The molecule has 1 saturated carbocycles. The average molecular weight is 389 g/mol. The van der Waals surface area contributed by atoms with Crippen molar-refractivity contribution in [1.82, 2.24) is 10.6 Å². The maximum atomic E-state index is 12.4. The second-order valence-electron chi connectivity index (χ2n) is 7.98. The van der Waals surface area contributed by atoms with Crippen molar-refractivity contribution in [3.05, 3.63) is 35.4 Å². The number of nitrogens with one attached hydrogen (secondary N) is 2. The monoisotopic (exact) mass is 388 g/mol. The van der Waals surface area contributed by atoms with Gasteiger partial charge in [-0.3, -0.25) is 9.59 Å². The van der Waals surface area contributed by atoms with E-state index in [1.54, 1.807) is 18.2 Å². The van der Waals surface area contributed by atoms with E-state index in [1.165, 1.54) is 19.3 Å². The van der Waals surface area contributed by atoms with Gasteiger partial charge in [0.05, 0.1) is 0 Å². The van der Waals surface area contributed by atoms with Gasteiger partial charge >= 0.3 is 5.97 Å². The van der Waals surface area contributed by atoms with Crippen LogP contribution in [0.15, 0.2) is 24.3 Å². The maximum Gasteiger partial charge on any atom is 0.329 e. The lowest BCUT2D eigenvalue weighted by atomic mass is 9.89. The summed E-state index contributed by atoms with van der Waals surface area (Å²) in [5, 5.41) is 5.57. The Bertz CT molecular complexity index is 681. The molecule has 0 spiro atoms. The van der Waals surface area contributed by atoms with Gasteiger partial charge in [-0.1, -0.05) is 50.8 Å². The number of hydrogen-bond donors (Lipinski definition) is 2. The first-order valence-electron chi connectivity index (χ1n) is 10.2. The summed E-state index contributed by atoms with van der Waals surface area (Å²) in [5.74, 6) is -0.867. The molecule has 28 heavy (non-hydrogen) atoms. The number of carbonyl (C=O) groups is 3. The number of esters is 1. The molecule has 0 aromatic heterocycles. The SMILES string of the molecule is Cc1cccc(C(=O)N[C@H](C(=O)OCC(=O)NCC2CCCCC2)C(C)C)c1. The number of hydrogen-bond acceptors (Lipinski definition) is 4. The standard InChI is InChI=1S/C22H32N2O4/c1-15(2)20(24-21(26)18-11-7-8-16(3)12-18)22(27)28-14-19(25)23-13-17-9-5-4-6-10-17/h7-8,11-12,15,17,20H,4-6,9-10,13-14H2,1-3H3,(H,23,25)(H,24,26)/t20-/m0/s1. The predicted octanol–water partition coefficient (Wildman–Crippen LogP) is 2.99. The Morgan fingerprint density at radius 3 is 2.50 bits per heavy atom. The number of benzene rings is 1. The molecule has 154 valence electrons. The highest BCUT2D eigenvalue weighted by atomic mass is 16.5. The van der Waals surface area contributed by atoms with E-state index < -0.39 is 12.0 Å². The van der Waals surface area contributed by atoms with E-state index in [0.717, 1.165) is 18.4 Å². The largest absolute Gasteiger partial charge is 0.454 e. The molecule has 0 bridgehead atoms. The molecular formula is C22H32N2O4. The highest BCUT2D eigenvalue weighted by molar-refractivity contribution is 5.97. The van der Waals surface area contributed by atoms with E-state index in [0.29, 0.717) is 18.0 Å². The van der Waals surface area contributed by atoms with Gasteiger partial charge in [0.2, 0.25) is 0 Å². The van der Waals surface area contributed by atoms with Gasteiger partial charge in [-0.15, -0.1) is 0 Å². The Kier molecular flexibility index (Phi) is 8.48. The lowest BCUT2D eigenvalue weighted by molar-refractivity contribution is -0.151. The molecule has 0 aliphatic heterocycles. The Balaban J connectivity index is 1.81. The fourth-order valence-electron chi connectivity index (χ4n) is 3.44. The van der Waals surface area contributed by atoms with Crippen molar-refractivity contribution in [1.29, 1.82) is 0 Å². The molecule has 0 unspecified atom stereocenters. The van der Waals surface area contributed by atoms with Gasteiger partial charge in [0.1, 0.15) is 6.04 Å². The number of rotatable bonds is 8. The molecule has 1 aliphatic carbocycles. The van der Waals surface area contributed by atoms with Crippen LogP contribution in [-0.2, 0) is 14.3 Å². The molecule has 0 radical (unpaired) electrons. The lowest BCUT2D eigenvalue weighted by Gasteiger charge is -2.22. The van der Waals surface area contributed by atoms with Crippen LogP contribution < -0.4 is 10.6 Å². The van der Waals surface area contributed by atoms with Gasteiger partial charge in [-0.05, 0) is 43.7 Å². The minimum absolute atomic E-state index is 0.161. The molecule has 2 rings (SSSR count). The Labute approximate surface area is 167 Å². The van der Waals surface area contributed by atoms with Crippen LogP contribution in [0.2, 0.25) is 0 Å². The fraction of sp³-hybridized carbons (Fsp3) is 0.591. The molecule has 1 aromatic carbocycles. The van der Waals surface area contributed by atoms with Gasteiger partial charge in [0.15, 0.2) is 6.61 Å². The first-order chi connectivity index (χ1) is 13.4. The van der Waals surface area contributed by atoms with Crippen molar-refractivity contribution >= 4 is 17.8 Å². The van der Waals surface area contributed by atoms with Gasteiger partial charge in [0.25, 0.3) is 11.8 Å². The van der Waals surface area contributed by atoms with E-state index in [-0.39, 0.29) is 24.3 Å². The summed E-state index contributed by atoms with van der Waals surface area (Å²) < 4.78 is 5.16. The minimum atomic E-state index is -0.806. The fourth-order valence-corrected chi connectivity index (χ4v) is 3.44. The molecule has 6 heteroatoms. The number of amides is 2. The molecule has 1 fully saturated rings. The van der Waals surface area contributed by atoms with Crippen LogP contribution in [0, 0.1) is 18.8 Å². The summed E-state index contributed by atoms with van der Waals surface area (Å²) in [6.45, 7) is 5.86. The second kappa shape index (κ2) is 10.8. The van der Waals surface area contributed by atoms with Crippen molar-refractivity contribution in [3.63, 3.8) is 0 Å². The zero-order chi connectivity index (χ0) is 20.5. The van der Waals surface area contributed by atoms with E-state index in [2.05, 4.69) is 10.6 Å². The molecule has 1 atom stereocenters. The summed E-state index contributed by atoms with van der Waals surface area (Å²) in [7, 11) is 0. The summed E-state index contributed by atoms with van der Waals surface area (Å²) in [6.07, 6.45) is 5.98. The van der Waals surface area contributed by atoms with Gasteiger partial charge < -0.3 is 15.4 Å². The molecule has 1 aliphatic rings. The number of aryl methyl sites for hydroxylation is 1. The number of carbonyl (C=O) groups excluding carboxylic acids is 3. The predicted molar refractivity (Wildman–Crippen MR) is 108 cm³/mol. The number of ether oxygens (including phenoxy) is 1. The van der Waals surface area contributed by atoms with Crippen LogP contribution >= 0.6 is 0 Å². The summed E-state index contributed by atoms with van der Waals surface area (Å²) in [6, 6.07) is 6.35. The molecule has 0 saturated heterocycles. The molecule has 2 amide bonds. The normalized spacial score (nSPS) is 15.7. The highest BCUT2D eigenvalue weighted by Gasteiger charge is 2.27. The Hall–Kier alpha value is -2.37. The van der Waals surface area contributed by atoms with E-state index in [9.17, 15) is 14.4 Å². The summed E-state index contributed by atoms with van der Waals surface area (Å²) >= 11 is 0. The highest BCUT2D eigenvalue weighted by Crippen LogP contribution is 2.22. The van der Waals surface area contributed by atoms with Gasteiger partial charge in [0, 0.05) is 12.1 Å². The third kappa shape index (κ3) is 6.98. The van der Waals surface area contributed by atoms with Crippen molar-refractivity contribution in [2.24, 2.45) is 11.8 Å². The maximum absolute atomic E-state index is 12.4. The van der Waals surface area contributed by atoms with Gasteiger partial charge in [-0.25, -0.2) is 4.79 Å². The molecule has 6 nitrogen and oxygen atoms in total. The van der Waals surface area contributed by atoms with Crippen LogP contribution in [0.3, 0.4) is 0 Å². The molecule has 0 heterocycles. The van der Waals surface area contributed by atoms with Crippen molar-refractivity contribution in [3.8, 4) is 0 Å². The summed E-state index contributed by atoms with van der Waals surface area (Å²) in [5.41, 5.74) is 1.45. The third-order valence-electron chi connectivity index (χ3n) is 5.15. The zero-order valence-corrected chi connectivity index (χ0v) is 17.1. The third-order valence-corrected chi connectivity index (χ3v) is 5.15. The second-order valence-corrected chi connectivity index (χ2v) is 7.98. The van der Waals surface area contributed by atoms with E-state index in [1.807, 2.05) is 26.8 Å². The van der Waals surface area contributed by atoms with Crippen molar-refractivity contribution < 1.29 is 19.1 Å². The summed E-state index contributed by atoms with van der Waals surface area (Å²) in [4.78, 5) is 36.8. The van der Waals surface area contributed by atoms with E-state index in [4.69, 9.17) is 4.74 Å². The smallest absolute Gasteiger partial charge is 0.329 e. The Morgan fingerprint density at radius 1 is 1.14 bits per heavy atom.